The predicted molar refractivity (Wildman–Crippen MR) is 126 cm³/mol. The van der Waals surface area contributed by atoms with Gasteiger partial charge in [0, 0.05) is 5.39 Å². The number of phenolic OH excluding ortho intramolecular Hbond substituents is 1. The maximum Gasteiger partial charge on any atom is 0.295 e. The molecule has 0 aliphatic rings. The average Bonchev–Trinajstić information content (AvgIpc) is 2.81. The van der Waals surface area contributed by atoms with Crippen LogP contribution in [-0.2, 0) is 20.2 Å². The molecule has 0 saturated carbocycles. The lowest BCUT2D eigenvalue weighted by molar-refractivity contribution is 0.477. The zero-order valence-electron chi connectivity index (χ0n) is 17.6. The fourth-order valence-electron chi connectivity index (χ4n) is 3.16. The van der Waals surface area contributed by atoms with Gasteiger partial charge in [0.15, 0.2) is 0 Å². The highest BCUT2D eigenvalue weighted by atomic mass is 32.2. The summed E-state index contributed by atoms with van der Waals surface area (Å²) in [4.78, 5) is -1.64. The van der Waals surface area contributed by atoms with Gasteiger partial charge in [0.25, 0.3) is 20.2 Å². The Hall–Kier alpha value is -4.04. The summed E-state index contributed by atoms with van der Waals surface area (Å²) in [6, 6.07) is 19.3. The summed E-state index contributed by atoms with van der Waals surface area (Å²) in [5.74, 6) is -0.481. The highest BCUT2D eigenvalue weighted by Crippen LogP contribution is 2.41. The second-order valence-electron chi connectivity index (χ2n) is 7.16. The fourth-order valence-corrected chi connectivity index (χ4v) is 4.53. The summed E-state index contributed by atoms with van der Waals surface area (Å²) >= 11 is 0. The van der Waals surface area contributed by atoms with Gasteiger partial charge in [0.05, 0.1) is 22.0 Å². The number of benzene rings is 4. The summed E-state index contributed by atoms with van der Waals surface area (Å²) in [7, 11) is -9.79. The zero-order valence-corrected chi connectivity index (χ0v) is 19.2. The second-order valence-corrected chi connectivity index (χ2v) is 9.97. The monoisotopic (exact) mass is 512 g/mol. The fraction of sp³-hybridized carbons (Fsp3) is 0. The van der Waals surface area contributed by atoms with Crippen molar-refractivity contribution in [1.82, 2.24) is 0 Å². The first-order valence-electron chi connectivity index (χ1n) is 9.76. The highest BCUT2D eigenvalue weighted by Gasteiger charge is 2.23. The summed E-state index contributed by atoms with van der Waals surface area (Å²) in [6.07, 6.45) is 0. The van der Waals surface area contributed by atoms with Crippen molar-refractivity contribution >= 4 is 53.8 Å². The van der Waals surface area contributed by atoms with Crippen LogP contribution in [0.5, 0.6) is 5.75 Å². The molecule has 0 atom stereocenters. The number of phenols is 1. The van der Waals surface area contributed by atoms with Crippen molar-refractivity contribution in [3.63, 3.8) is 0 Å². The Balaban J connectivity index is 1.80. The molecular formula is C22H16N4O7S2. The zero-order chi connectivity index (χ0) is 25.2. The van der Waals surface area contributed by atoms with E-state index in [1.54, 1.807) is 30.3 Å². The third-order valence-electron chi connectivity index (χ3n) is 4.71. The van der Waals surface area contributed by atoms with E-state index < -0.39 is 35.8 Å². The van der Waals surface area contributed by atoms with Gasteiger partial charge in [-0.3, -0.25) is 9.11 Å². The maximum atomic E-state index is 12.0. The molecule has 0 unspecified atom stereocenters. The Morgan fingerprint density at radius 3 is 1.83 bits per heavy atom. The number of hydrogen-bond acceptors (Lipinski definition) is 9. The van der Waals surface area contributed by atoms with Crippen LogP contribution in [0, 0.1) is 0 Å². The lowest BCUT2D eigenvalue weighted by Crippen LogP contribution is -2.04. The molecule has 0 spiro atoms. The van der Waals surface area contributed by atoms with Crippen molar-refractivity contribution in [3.8, 4) is 5.75 Å². The third kappa shape index (κ3) is 5.55. The van der Waals surface area contributed by atoms with Crippen molar-refractivity contribution in [3.05, 3.63) is 78.9 Å². The van der Waals surface area contributed by atoms with Crippen LogP contribution in [0.15, 0.2) is 109 Å². The molecule has 35 heavy (non-hydrogen) atoms. The average molecular weight is 513 g/mol. The van der Waals surface area contributed by atoms with Crippen LogP contribution in [0.2, 0.25) is 0 Å². The van der Waals surface area contributed by atoms with Gasteiger partial charge in [0.2, 0.25) is 0 Å². The Labute approximate surface area is 199 Å². The molecule has 4 aromatic carbocycles. The summed E-state index contributed by atoms with van der Waals surface area (Å²) in [6.45, 7) is 0. The van der Waals surface area contributed by atoms with Gasteiger partial charge >= 0.3 is 0 Å². The van der Waals surface area contributed by atoms with E-state index in [4.69, 9.17) is 0 Å². The second kappa shape index (κ2) is 9.31. The molecule has 0 radical (unpaired) electrons. The first-order chi connectivity index (χ1) is 16.5. The Morgan fingerprint density at radius 1 is 0.600 bits per heavy atom. The molecule has 4 aromatic rings. The quantitative estimate of drug-likeness (QED) is 0.213. The molecule has 0 bridgehead atoms. The van der Waals surface area contributed by atoms with Crippen LogP contribution in [0.3, 0.4) is 0 Å². The third-order valence-corrected chi connectivity index (χ3v) is 6.42. The molecule has 13 heteroatoms. The van der Waals surface area contributed by atoms with E-state index in [0.717, 1.165) is 12.1 Å². The first kappa shape index (κ1) is 24.1. The first-order valence-corrected chi connectivity index (χ1v) is 12.6. The van der Waals surface area contributed by atoms with Gasteiger partial charge in [-0.05, 0) is 53.9 Å². The minimum Gasteiger partial charge on any atom is -0.506 e. The van der Waals surface area contributed by atoms with Crippen molar-refractivity contribution in [2.24, 2.45) is 20.5 Å². The molecule has 0 amide bonds. The highest BCUT2D eigenvalue weighted by molar-refractivity contribution is 7.86. The van der Waals surface area contributed by atoms with Gasteiger partial charge in [-0.1, -0.05) is 30.3 Å². The van der Waals surface area contributed by atoms with Crippen LogP contribution < -0.4 is 0 Å². The van der Waals surface area contributed by atoms with E-state index in [0.29, 0.717) is 17.4 Å². The molecule has 0 aliphatic carbocycles. The van der Waals surface area contributed by atoms with E-state index in [2.05, 4.69) is 20.5 Å². The van der Waals surface area contributed by atoms with Crippen molar-refractivity contribution in [2.75, 3.05) is 0 Å². The summed E-state index contributed by atoms with van der Waals surface area (Å²) in [5, 5.41) is 26.2. The molecule has 0 aromatic heterocycles. The molecule has 4 rings (SSSR count). The van der Waals surface area contributed by atoms with Gasteiger partial charge < -0.3 is 5.11 Å². The Bertz CT molecular complexity index is 1700. The van der Waals surface area contributed by atoms with E-state index in [9.17, 15) is 31.0 Å². The van der Waals surface area contributed by atoms with Crippen molar-refractivity contribution in [2.45, 2.75) is 9.79 Å². The number of rotatable bonds is 6. The van der Waals surface area contributed by atoms with Crippen molar-refractivity contribution in [1.29, 1.82) is 0 Å². The molecule has 0 fully saturated rings. The molecule has 3 N–H and O–H groups in total. The number of nitrogens with zero attached hydrogens (tertiary/aromatic N) is 4. The lowest BCUT2D eigenvalue weighted by Gasteiger charge is -2.10. The SMILES string of the molecule is O=S(=O)(O)c1cc(S(=O)(=O)O)c2c(N=Nc3cccc(N=Nc4ccccc4)c3)c(O)ccc2c1. The van der Waals surface area contributed by atoms with Crippen LogP contribution >= 0.6 is 0 Å². The predicted octanol–water partition coefficient (Wildman–Crippen LogP) is 5.87. The lowest BCUT2D eigenvalue weighted by atomic mass is 10.1. The minimum absolute atomic E-state index is 0.0371. The molecule has 11 nitrogen and oxygen atoms in total. The van der Waals surface area contributed by atoms with Crippen LogP contribution in [-0.4, -0.2) is 31.0 Å². The Morgan fingerprint density at radius 2 is 1.20 bits per heavy atom. The molecular weight excluding hydrogens is 496 g/mol. The minimum atomic E-state index is -4.99. The summed E-state index contributed by atoms with van der Waals surface area (Å²) in [5.41, 5.74) is 1.04. The number of fused-ring (bicyclic) bond motifs is 1. The Kier molecular flexibility index (Phi) is 6.41. The van der Waals surface area contributed by atoms with Gasteiger partial charge in [-0.2, -0.15) is 32.2 Å². The van der Waals surface area contributed by atoms with Crippen molar-refractivity contribution < 1.29 is 31.0 Å². The van der Waals surface area contributed by atoms with Gasteiger partial charge in [-0.15, -0.1) is 5.11 Å². The van der Waals surface area contributed by atoms with E-state index >= 15 is 0 Å². The van der Waals surface area contributed by atoms with E-state index in [1.165, 1.54) is 12.1 Å². The summed E-state index contributed by atoms with van der Waals surface area (Å²) < 4.78 is 66.2. The largest absolute Gasteiger partial charge is 0.506 e. The molecule has 0 saturated heterocycles. The van der Waals surface area contributed by atoms with E-state index in [1.807, 2.05) is 18.2 Å². The smallest absolute Gasteiger partial charge is 0.295 e. The topological polar surface area (TPSA) is 178 Å². The van der Waals surface area contributed by atoms with Gasteiger partial charge in [-0.25, -0.2) is 0 Å². The normalized spacial score (nSPS) is 12.6. The van der Waals surface area contributed by atoms with Crippen LogP contribution in [0.25, 0.3) is 10.8 Å². The maximum absolute atomic E-state index is 12.0. The van der Waals surface area contributed by atoms with Gasteiger partial charge in [0.1, 0.15) is 16.3 Å². The van der Waals surface area contributed by atoms with Crippen LogP contribution in [0.1, 0.15) is 0 Å². The number of aromatic hydroxyl groups is 1. The molecule has 178 valence electrons. The standard InChI is InChI=1S/C22H16N4O7S2/c27-19-10-9-14-11-18(34(28,29)30)13-20(35(31,32)33)21(14)22(19)26-25-17-8-4-7-16(12-17)24-23-15-5-2-1-3-6-15/h1-13,27H,(H,28,29,30)(H,31,32,33). The number of hydrogen-bond donors (Lipinski definition) is 3. The van der Waals surface area contributed by atoms with Crippen LogP contribution in [0.4, 0.5) is 22.7 Å². The molecule has 0 heterocycles. The molecule has 0 aliphatic heterocycles. The van der Waals surface area contributed by atoms with E-state index in [-0.39, 0.29) is 22.1 Å². The number of azo groups is 2.